The van der Waals surface area contributed by atoms with Crippen LogP contribution in [0.3, 0.4) is 0 Å². The van der Waals surface area contributed by atoms with Crippen LogP contribution in [-0.4, -0.2) is 30.5 Å². The minimum Gasteiger partial charge on any atom is -0.507 e. The standard InChI is InChI=1S/C29H29NO5/c1-18(2)17-35-22-15-11-20(12-16-22)27(31)25-26(23-7-5-6-8-24(23)34-4)30(29(33)28(25)32)21-13-9-19(3)10-14-21/h5-16,18,26,31H,17H2,1-4H3/b27-25-. The van der Waals surface area contributed by atoms with Gasteiger partial charge in [0.25, 0.3) is 11.7 Å². The molecule has 1 aliphatic heterocycles. The fourth-order valence-electron chi connectivity index (χ4n) is 4.12. The number of para-hydroxylation sites is 1. The number of hydrogen-bond acceptors (Lipinski definition) is 5. The number of ketones is 1. The van der Waals surface area contributed by atoms with Gasteiger partial charge in [-0.1, -0.05) is 49.7 Å². The first-order valence-electron chi connectivity index (χ1n) is 11.6. The predicted octanol–water partition coefficient (Wildman–Crippen LogP) is 5.66. The third kappa shape index (κ3) is 4.78. The number of rotatable bonds is 7. The Balaban J connectivity index is 1.85. The molecule has 1 N–H and O–H groups in total. The molecule has 1 heterocycles. The molecular formula is C29H29NO5. The maximum absolute atomic E-state index is 13.3. The average molecular weight is 472 g/mol. The van der Waals surface area contributed by atoms with Crippen LogP contribution in [0, 0.1) is 12.8 Å². The number of aliphatic hydroxyl groups excluding tert-OH is 1. The van der Waals surface area contributed by atoms with Gasteiger partial charge in [-0.05, 0) is 55.3 Å². The van der Waals surface area contributed by atoms with Crippen molar-refractivity contribution in [3.05, 3.63) is 95.1 Å². The Morgan fingerprint density at radius 2 is 1.63 bits per heavy atom. The molecule has 6 heteroatoms. The van der Waals surface area contributed by atoms with Crippen LogP contribution < -0.4 is 14.4 Å². The van der Waals surface area contributed by atoms with E-state index in [4.69, 9.17) is 9.47 Å². The van der Waals surface area contributed by atoms with Crippen molar-refractivity contribution in [3.8, 4) is 11.5 Å². The summed E-state index contributed by atoms with van der Waals surface area (Å²) in [5.41, 5.74) is 2.62. The number of benzene rings is 3. The zero-order valence-electron chi connectivity index (χ0n) is 20.3. The zero-order chi connectivity index (χ0) is 25.1. The second-order valence-electron chi connectivity index (χ2n) is 8.98. The van der Waals surface area contributed by atoms with Crippen LogP contribution in [0.4, 0.5) is 5.69 Å². The minimum atomic E-state index is -0.856. The highest BCUT2D eigenvalue weighted by molar-refractivity contribution is 6.51. The minimum absolute atomic E-state index is 0.0101. The number of methoxy groups -OCH3 is 1. The van der Waals surface area contributed by atoms with Crippen LogP contribution in [0.2, 0.25) is 0 Å². The van der Waals surface area contributed by atoms with Crippen LogP contribution >= 0.6 is 0 Å². The number of aliphatic hydroxyl groups is 1. The lowest BCUT2D eigenvalue weighted by Crippen LogP contribution is -2.29. The van der Waals surface area contributed by atoms with Gasteiger partial charge in [0.15, 0.2) is 0 Å². The Hall–Kier alpha value is -4.06. The first-order valence-corrected chi connectivity index (χ1v) is 11.6. The van der Waals surface area contributed by atoms with Gasteiger partial charge < -0.3 is 14.6 Å². The average Bonchev–Trinajstić information content (AvgIpc) is 3.13. The number of Topliss-reactive ketones (excluding diaryl/α,β-unsaturated/α-hetero) is 1. The van der Waals surface area contributed by atoms with Gasteiger partial charge in [-0.3, -0.25) is 14.5 Å². The molecule has 3 aromatic carbocycles. The van der Waals surface area contributed by atoms with Gasteiger partial charge in [-0.2, -0.15) is 0 Å². The Bertz CT molecular complexity index is 1260. The zero-order valence-corrected chi connectivity index (χ0v) is 20.3. The van der Waals surface area contributed by atoms with E-state index < -0.39 is 17.7 Å². The summed E-state index contributed by atoms with van der Waals surface area (Å²) in [6.45, 7) is 6.64. The number of amides is 1. The van der Waals surface area contributed by atoms with E-state index >= 15 is 0 Å². The quantitative estimate of drug-likeness (QED) is 0.273. The Kier molecular flexibility index (Phi) is 6.92. The van der Waals surface area contributed by atoms with Crippen LogP contribution in [-0.2, 0) is 9.59 Å². The molecule has 0 saturated carbocycles. The van der Waals surface area contributed by atoms with Crippen LogP contribution in [0.15, 0.2) is 78.4 Å². The molecule has 180 valence electrons. The lowest BCUT2D eigenvalue weighted by Gasteiger charge is -2.26. The third-order valence-electron chi connectivity index (χ3n) is 5.90. The van der Waals surface area contributed by atoms with E-state index in [2.05, 4.69) is 13.8 Å². The molecule has 0 aliphatic carbocycles. The van der Waals surface area contributed by atoms with Gasteiger partial charge in [0, 0.05) is 16.8 Å². The number of nitrogens with zero attached hydrogens (tertiary/aromatic N) is 1. The molecular weight excluding hydrogens is 442 g/mol. The summed E-state index contributed by atoms with van der Waals surface area (Å²) in [7, 11) is 1.53. The van der Waals surface area contributed by atoms with E-state index in [1.165, 1.54) is 12.0 Å². The highest BCUT2D eigenvalue weighted by atomic mass is 16.5. The summed E-state index contributed by atoms with van der Waals surface area (Å²) in [4.78, 5) is 28.0. The number of hydrogen-bond donors (Lipinski definition) is 1. The van der Waals surface area contributed by atoms with Crippen LogP contribution in [0.1, 0.15) is 36.6 Å². The summed E-state index contributed by atoms with van der Waals surface area (Å²) in [5, 5.41) is 11.3. The molecule has 0 spiro atoms. The highest BCUT2D eigenvalue weighted by Gasteiger charge is 2.47. The summed E-state index contributed by atoms with van der Waals surface area (Å²) < 4.78 is 11.3. The van der Waals surface area contributed by atoms with E-state index in [9.17, 15) is 14.7 Å². The topological polar surface area (TPSA) is 76.1 Å². The molecule has 1 saturated heterocycles. The summed E-state index contributed by atoms with van der Waals surface area (Å²) in [6.07, 6.45) is 0. The largest absolute Gasteiger partial charge is 0.507 e. The smallest absolute Gasteiger partial charge is 0.300 e. The van der Waals surface area contributed by atoms with Crippen molar-refractivity contribution in [2.24, 2.45) is 5.92 Å². The fraction of sp³-hybridized carbons (Fsp3) is 0.241. The fourth-order valence-corrected chi connectivity index (χ4v) is 4.12. The van der Waals surface area contributed by atoms with Crippen LogP contribution in [0.5, 0.6) is 11.5 Å². The molecule has 0 bridgehead atoms. The lowest BCUT2D eigenvalue weighted by atomic mass is 9.94. The molecule has 1 amide bonds. The number of aryl methyl sites for hydroxylation is 1. The summed E-state index contributed by atoms with van der Waals surface area (Å²) >= 11 is 0. The number of carbonyl (C=O) groups is 2. The maximum atomic E-state index is 13.3. The van der Waals surface area contributed by atoms with Gasteiger partial charge in [-0.15, -0.1) is 0 Å². The Labute approximate surface area is 205 Å². The normalized spacial score (nSPS) is 17.2. The summed E-state index contributed by atoms with van der Waals surface area (Å²) in [6, 6.07) is 20.5. The molecule has 1 unspecified atom stereocenters. The molecule has 3 aromatic rings. The first-order chi connectivity index (χ1) is 16.8. The van der Waals surface area contributed by atoms with Crippen molar-refractivity contribution >= 4 is 23.1 Å². The molecule has 6 nitrogen and oxygen atoms in total. The van der Waals surface area contributed by atoms with Crippen LogP contribution in [0.25, 0.3) is 5.76 Å². The molecule has 0 radical (unpaired) electrons. The van der Waals surface area contributed by atoms with Crippen molar-refractivity contribution < 1.29 is 24.2 Å². The number of carbonyl (C=O) groups excluding carboxylic acids is 2. The monoisotopic (exact) mass is 471 g/mol. The van der Waals surface area contributed by atoms with Gasteiger partial charge in [-0.25, -0.2) is 0 Å². The van der Waals surface area contributed by atoms with E-state index in [1.807, 2.05) is 31.2 Å². The van der Waals surface area contributed by atoms with Gasteiger partial charge in [0.05, 0.1) is 25.3 Å². The second kappa shape index (κ2) is 10.1. The van der Waals surface area contributed by atoms with Gasteiger partial charge in [0.1, 0.15) is 17.3 Å². The van der Waals surface area contributed by atoms with Gasteiger partial charge in [0.2, 0.25) is 0 Å². The number of anilines is 1. The SMILES string of the molecule is COc1ccccc1C1/C(=C(/O)c2ccc(OCC(C)C)cc2)C(=O)C(=O)N1c1ccc(C)cc1. The second-order valence-corrected chi connectivity index (χ2v) is 8.98. The molecule has 35 heavy (non-hydrogen) atoms. The Morgan fingerprint density at radius 3 is 2.26 bits per heavy atom. The Morgan fingerprint density at radius 1 is 0.971 bits per heavy atom. The molecule has 1 aliphatic rings. The van der Waals surface area contributed by atoms with Crippen molar-refractivity contribution in [1.29, 1.82) is 0 Å². The first kappa shape index (κ1) is 24.1. The molecule has 1 atom stereocenters. The van der Waals surface area contributed by atoms with E-state index in [1.54, 1.807) is 48.5 Å². The molecule has 0 aromatic heterocycles. The predicted molar refractivity (Wildman–Crippen MR) is 136 cm³/mol. The number of ether oxygens (including phenoxy) is 2. The maximum Gasteiger partial charge on any atom is 0.300 e. The van der Waals surface area contributed by atoms with E-state index in [-0.39, 0.29) is 11.3 Å². The van der Waals surface area contributed by atoms with Crippen molar-refractivity contribution in [2.45, 2.75) is 26.8 Å². The molecule has 4 rings (SSSR count). The van der Waals surface area contributed by atoms with Crippen molar-refractivity contribution in [1.82, 2.24) is 0 Å². The molecule has 1 fully saturated rings. The van der Waals surface area contributed by atoms with E-state index in [0.29, 0.717) is 40.8 Å². The van der Waals surface area contributed by atoms with Crippen molar-refractivity contribution in [2.75, 3.05) is 18.6 Å². The third-order valence-corrected chi connectivity index (χ3v) is 5.90. The highest BCUT2D eigenvalue weighted by Crippen LogP contribution is 2.44. The van der Waals surface area contributed by atoms with E-state index in [0.717, 1.165) is 5.56 Å². The van der Waals surface area contributed by atoms with Gasteiger partial charge >= 0.3 is 0 Å². The summed E-state index contributed by atoms with van der Waals surface area (Å²) in [5.74, 6) is -0.148. The van der Waals surface area contributed by atoms with Crippen molar-refractivity contribution in [3.63, 3.8) is 0 Å². The lowest BCUT2D eigenvalue weighted by molar-refractivity contribution is -0.132.